The normalized spacial score (nSPS) is 10.7. The summed E-state index contributed by atoms with van der Waals surface area (Å²) in [7, 11) is 0. The number of nitrogens with two attached hydrogens (primary N) is 1. The second kappa shape index (κ2) is 7.19. The summed E-state index contributed by atoms with van der Waals surface area (Å²) in [5.41, 5.74) is 4.77. The Labute approximate surface area is 73.8 Å². The molecular formula is C6H11NO6. The van der Waals surface area contributed by atoms with E-state index in [0.717, 1.165) is 6.92 Å². The minimum absolute atomic E-state index is 0.505. The summed E-state index contributed by atoms with van der Waals surface area (Å²) in [5, 5.41) is 23.5. The number of aliphatic hydroxyl groups excluding tert-OH is 1. The predicted octanol–water partition coefficient (Wildman–Crippen LogP) is -1.95. The molecule has 0 aromatic carbocycles. The summed E-state index contributed by atoms with van der Waals surface area (Å²) < 4.78 is 0. The van der Waals surface area contributed by atoms with Crippen LogP contribution in [0.3, 0.4) is 0 Å². The number of carboxylic acids is 2. The zero-order valence-electron chi connectivity index (χ0n) is 6.93. The monoisotopic (exact) mass is 193 g/mol. The van der Waals surface area contributed by atoms with Gasteiger partial charge in [-0.25, -0.2) is 4.79 Å². The van der Waals surface area contributed by atoms with E-state index in [1.807, 2.05) is 0 Å². The molecule has 0 rings (SSSR count). The lowest BCUT2D eigenvalue weighted by atomic mass is 10.3. The molecule has 0 aliphatic heterocycles. The van der Waals surface area contributed by atoms with E-state index in [2.05, 4.69) is 0 Å². The van der Waals surface area contributed by atoms with Crippen LogP contribution < -0.4 is 5.73 Å². The molecule has 76 valence electrons. The van der Waals surface area contributed by atoms with Crippen LogP contribution in [0.4, 0.5) is 0 Å². The number of carboxylic acid groups (broad SMARTS) is 2. The topological polar surface area (TPSA) is 138 Å². The molecular weight excluding hydrogens is 182 g/mol. The number of Topliss-reactive ketones (excluding diaryl/α,β-unsaturated/α-hetero) is 1. The second-order valence-electron chi connectivity index (χ2n) is 1.99. The molecule has 0 fully saturated rings. The molecule has 0 spiro atoms. The Bertz CT molecular complexity index is 189. The van der Waals surface area contributed by atoms with E-state index in [1.165, 1.54) is 0 Å². The highest BCUT2D eigenvalue weighted by molar-refractivity contribution is 6.31. The summed E-state index contributed by atoms with van der Waals surface area (Å²) in [6, 6.07) is -1.13. The van der Waals surface area contributed by atoms with Gasteiger partial charge in [0.25, 0.3) is 0 Å². The molecule has 1 atom stereocenters. The van der Waals surface area contributed by atoms with Crippen molar-refractivity contribution < 1.29 is 29.7 Å². The first kappa shape index (κ1) is 14.1. The Balaban J connectivity index is 0. The maximum atomic E-state index is 9.65. The number of ketones is 1. The smallest absolute Gasteiger partial charge is 0.371 e. The molecule has 0 heterocycles. The molecule has 0 bridgehead atoms. The predicted molar refractivity (Wildman–Crippen MR) is 41.0 cm³/mol. The average Bonchev–Trinajstić information content (AvgIpc) is 2.03. The van der Waals surface area contributed by atoms with Crippen LogP contribution in [-0.4, -0.2) is 45.7 Å². The SMILES string of the molecule is CC(=O)C(=O)O.N[C@@H](CO)C(=O)O. The van der Waals surface area contributed by atoms with Crippen LogP contribution in [0.25, 0.3) is 0 Å². The molecule has 13 heavy (non-hydrogen) atoms. The average molecular weight is 193 g/mol. The third kappa shape index (κ3) is 10.5. The Kier molecular flexibility index (Phi) is 7.79. The quantitative estimate of drug-likeness (QED) is 0.382. The van der Waals surface area contributed by atoms with Crippen LogP contribution >= 0.6 is 0 Å². The van der Waals surface area contributed by atoms with Crippen molar-refractivity contribution in [3.8, 4) is 0 Å². The number of carbonyl (C=O) groups is 3. The van der Waals surface area contributed by atoms with E-state index in [4.69, 9.17) is 21.1 Å². The van der Waals surface area contributed by atoms with Gasteiger partial charge in [0, 0.05) is 6.92 Å². The first-order valence-corrected chi connectivity index (χ1v) is 3.16. The number of aliphatic hydroxyl groups is 1. The van der Waals surface area contributed by atoms with E-state index >= 15 is 0 Å². The molecule has 0 saturated carbocycles. The van der Waals surface area contributed by atoms with Crippen molar-refractivity contribution in [3.63, 3.8) is 0 Å². The number of carbonyl (C=O) groups excluding carboxylic acids is 1. The molecule has 0 aromatic rings. The number of aliphatic carboxylic acids is 2. The molecule has 7 nitrogen and oxygen atoms in total. The van der Waals surface area contributed by atoms with Crippen LogP contribution in [0.5, 0.6) is 0 Å². The fraction of sp³-hybridized carbons (Fsp3) is 0.500. The van der Waals surface area contributed by atoms with Gasteiger partial charge in [-0.3, -0.25) is 9.59 Å². The van der Waals surface area contributed by atoms with E-state index in [0.29, 0.717) is 0 Å². The Morgan fingerprint density at radius 2 is 1.62 bits per heavy atom. The maximum Gasteiger partial charge on any atom is 0.371 e. The molecule has 0 radical (unpaired) electrons. The zero-order valence-corrected chi connectivity index (χ0v) is 6.93. The van der Waals surface area contributed by atoms with E-state index in [9.17, 15) is 14.4 Å². The van der Waals surface area contributed by atoms with Gasteiger partial charge >= 0.3 is 11.9 Å². The molecule has 5 N–H and O–H groups in total. The van der Waals surface area contributed by atoms with Crippen molar-refractivity contribution in [2.45, 2.75) is 13.0 Å². The first-order chi connectivity index (χ1) is 5.82. The lowest BCUT2D eigenvalue weighted by Crippen LogP contribution is -2.33. The summed E-state index contributed by atoms with van der Waals surface area (Å²) in [6.45, 7) is 0.498. The van der Waals surface area contributed by atoms with Crippen LogP contribution in [0.1, 0.15) is 6.92 Å². The van der Waals surface area contributed by atoms with E-state index < -0.39 is 30.4 Å². The van der Waals surface area contributed by atoms with Gasteiger partial charge in [0.05, 0.1) is 6.61 Å². The maximum absolute atomic E-state index is 9.65. The van der Waals surface area contributed by atoms with Gasteiger partial charge < -0.3 is 21.1 Å². The summed E-state index contributed by atoms with van der Waals surface area (Å²) in [6.07, 6.45) is 0. The lowest BCUT2D eigenvalue weighted by molar-refractivity contribution is -0.148. The summed E-state index contributed by atoms with van der Waals surface area (Å²) in [5.74, 6) is -3.38. The summed E-state index contributed by atoms with van der Waals surface area (Å²) >= 11 is 0. The molecule has 0 unspecified atom stereocenters. The Hall–Kier alpha value is -1.47. The molecule has 0 aliphatic carbocycles. The Morgan fingerprint density at radius 3 is 1.62 bits per heavy atom. The van der Waals surface area contributed by atoms with E-state index in [1.54, 1.807) is 0 Å². The fourth-order valence-corrected chi connectivity index (χ4v) is 0.0781. The third-order valence-electron chi connectivity index (χ3n) is 0.815. The van der Waals surface area contributed by atoms with E-state index in [-0.39, 0.29) is 0 Å². The highest BCUT2D eigenvalue weighted by Gasteiger charge is 2.07. The highest BCUT2D eigenvalue weighted by Crippen LogP contribution is 1.71. The fourth-order valence-electron chi connectivity index (χ4n) is 0.0781. The number of hydrogen-bond donors (Lipinski definition) is 4. The van der Waals surface area contributed by atoms with Crippen molar-refractivity contribution in [1.82, 2.24) is 0 Å². The minimum atomic E-state index is -1.38. The largest absolute Gasteiger partial charge is 0.480 e. The minimum Gasteiger partial charge on any atom is -0.480 e. The number of hydrogen-bond acceptors (Lipinski definition) is 5. The van der Waals surface area contributed by atoms with Crippen molar-refractivity contribution in [2.24, 2.45) is 5.73 Å². The van der Waals surface area contributed by atoms with Gasteiger partial charge in [-0.2, -0.15) is 0 Å². The van der Waals surface area contributed by atoms with Crippen LogP contribution in [0.2, 0.25) is 0 Å². The van der Waals surface area contributed by atoms with Gasteiger partial charge in [0.1, 0.15) is 6.04 Å². The van der Waals surface area contributed by atoms with Gasteiger partial charge in [-0.1, -0.05) is 0 Å². The van der Waals surface area contributed by atoms with Crippen molar-refractivity contribution in [2.75, 3.05) is 6.61 Å². The zero-order chi connectivity index (χ0) is 11.0. The molecule has 7 heteroatoms. The van der Waals surface area contributed by atoms with Gasteiger partial charge in [-0.15, -0.1) is 0 Å². The molecule has 0 aliphatic rings. The van der Waals surface area contributed by atoms with Gasteiger partial charge in [0.15, 0.2) is 0 Å². The third-order valence-corrected chi connectivity index (χ3v) is 0.815. The summed E-state index contributed by atoms with van der Waals surface area (Å²) in [4.78, 5) is 28.5. The van der Waals surface area contributed by atoms with Crippen molar-refractivity contribution in [1.29, 1.82) is 0 Å². The molecule has 0 amide bonds. The van der Waals surface area contributed by atoms with Crippen LogP contribution in [0.15, 0.2) is 0 Å². The molecule has 0 aromatic heterocycles. The Morgan fingerprint density at radius 1 is 1.31 bits per heavy atom. The van der Waals surface area contributed by atoms with Gasteiger partial charge in [-0.05, 0) is 0 Å². The first-order valence-electron chi connectivity index (χ1n) is 3.16. The van der Waals surface area contributed by atoms with Crippen LogP contribution in [0, 0.1) is 0 Å². The standard InChI is InChI=1S/C3H7NO3.C3H4O3/c4-2(1-5)3(6)7;1-2(4)3(5)6/h2,5H,1,4H2,(H,6,7);1H3,(H,5,6)/t2-;/m0./s1. The van der Waals surface area contributed by atoms with Gasteiger partial charge in [0.2, 0.25) is 5.78 Å². The van der Waals surface area contributed by atoms with Crippen molar-refractivity contribution >= 4 is 17.7 Å². The second-order valence-corrected chi connectivity index (χ2v) is 1.99. The van der Waals surface area contributed by atoms with Crippen molar-refractivity contribution in [3.05, 3.63) is 0 Å². The number of rotatable bonds is 3. The van der Waals surface area contributed by atoms with Crippen LogP contribution in [-0.2, 0) is 14.4 Å². The molecule has 0 saturated heterocycles. The highest BCUT2D eigenvalue weighted by atomic mass is 16.4. The lowest BCUT2D eigenvalue weighted by Gasteiger charge is -1.96.